The second kappa shape index (κ2) is 13.2. The van der Waals surface area contributed by atoms with E-state index in [1.807, 2.05) is 39.9 Å². The van der Waals surface area contributed by atoms with Crippen molar-refractivity contribution in [3.05, 3.63) is 75.5 Å². The van der Waals surface area contributed by atoms with Crippen molar-refractivity contribution in [3.63, 3.8) is 0 Å². The molecule has 0 saturated heterocycles. The number of rotatable bonds is 11. The van der Waals surface area contributed by atoms with E-state index in [9.17, 15) is 36.5 Å². The van der Waals surface area contributed by atoms with Gasteiger partial charge in [0.1, 0.15) is 17.9 Å². The summed E-state index contributed by atoms with van der Waals surface area (Å²) in [6, 6.07) is 10.1. The number of carbonyl (C=O) groups excluding carboxylic acids is 1. The van der Waals surface area contributed by atoms with Crippen molar-refractivity contribution in [1.29, 1.82) is 0 Å². The second-order valence-corrected chi connectivity index (χ2v) is 17.9. The molecule has 3 rings (SSSR count). The Kier molecular flexibility index (Phi) is 10.4. The van der Waals surface area contributed by atoms with Crippen molar-refractivity contribution in [2.45, 2.75) is 63.5 Å². The number of methoxy groups -OCH3 is 1. The summed E-state index contributed by atoms with van der Waals surface area (Å²) in [6.07, 6.45) is 0.666. The van der Waals surface area contributed by atoms with Gasteiger partial charge >= 0.3 is 15.6 Å². The third-order valence-corrected chi connectivity index (χ3v) is 13.0. The van der Waals surface area contributed by atoms with E-state index in [1.54, 1.807) is 24.3 Å². The van der Waals surface area contributed by atoms with Crippen LogP contribution in [0.1, 0.15) is 43.1 Å². The topological polar surface area (TPSA) is 135 Å². The van der Waals surface area contributed by atoms with Crippen LogP contribution in [0.2, 0.25) is 18.1 Å². The highest BCUT2D eigenvalue weighted by Gasteiger charge is 2.49. The van der Waals surface area contributed by atoms with E-state index in [0.717, 1.165) is 23.8 Å². The molecular formula is C28H35F3N2O9SSi. The normalized spacial score (nSPS) is 16.2. The van der Waals surface area contributed by atoms with Gasteiger partial charge in [-0.25, -0.2) is 0 Å². The molecular weight excluding hydrogens is 625 g/mol. The van der Waals surface area contributed by atoms with Gasteiger partial charge in [0.2, 0.25) is 0 Å². The van der Waals surface area contributed by atoms with Gasteiger partial charge in [-0.15, -0.1) is 0 Å². The highest BCUT2D eigenvalue weighted by molar-refractivity contribution is 7.87. The number of hydrogen-bond donors (Lipinski definition) is 0. The first kappa shape index (κ1) is 34.9. The first-order chi connectivity index (χ1) is 20.3. The molecule has 0 N–H and O–H groups in total. The van der Waals surface area contributed by atoms with Crippen molar-refractivity contribution in [2.75, 3.05) is 20.3 Å². The van der Waals surface area contributed by atoms with E-state index < -0.39 is 58.7 Å². The van der Waals surface area contributed by atoms with E-state index in [-0.39, 0.29) is 41.9 Å². The lowest BCUT2D eigenvalue weighted by molar-refractivity contribution is -0.385. The molecule has 0 unspecified atom stereocenters. The molecule has 0 aromatic heterocycles. The average molecular weight is 661 g/mol. The van der Waals surface area contributed by atoms with Gasteiger partial charge in [-0.3, -0.25) is 14.9 Å². The van der Waals surface area contributed by atoms with Crippen LogP contribution in [0.3, 0.4) is 0 Å². The number of hydrogen-bond acceptors (Lipinski definition) is 9. The van der Waals surface area contributed by atoms with Crippen LogP contribution in [-0.2, 0) is 25.3 Å². The number of alkyl halides is 3. The number of nitro benzene ring substituents is 1. The Bertz CT molecular complexity index is 1510. The Morgan fingerprint density at radius 2 is 1.75 bits per heavy atom. The summed E-state index contributed by atoms with van der Waals surface area (Å²) in [6.45, 7) is 9.25. The van der Waals surface area contributed by atoms with E-state index in [2.05, 4.69) is 4.18 Å². The van der Waals surface area contributed by atoms with Gasteiger partial charge in [0.25, 0.3) is 11.6 Å². The minimum absolute atomic E-state index is 0.0176. The number of halogens is 3. The largest absolute Gasteiger partial charge is 0.534 e. The Morgan fingerprint density at radius 3 is 2.30 bits per heavy atom. The lowest BCUT2D eigenvalue weighted by Gasteiger charge is -2.40. The molecule has 11 nitrogen and oxygen atoms in total. The number of nitro groups is 1. The number of ether oxygens (including phenoxy) is 2. The van der Waals surface area contributed by atoms with E-state index >= 15 is 0 Å². The summed E-state index contributed by atoms with van der Waals surface area (Å²) in [5.41, 5.74) is -5.83. The van der Waals surface area contributed by atoms with Crippen molar-refractivity contribution < 1.29 is 49.4 Å². The third kappa shape index (κ3) is 8.09. The van der Waals surface area contributed by atoms with Crippen molar-refractivity contribution >= 4 is 30.0 Å². The molecule has 0 aliphatic carbocycles. The van der Waals surface area contributed by atoms with Gasteiger partial charge in [-0.2, -0.15) is 21.6 Å². The van der Waals surface area contributed by atoms with Gasteiger partial charge in [0.05, 0.1) is 30.7 Å². The van der Waals surface area contributed by atoms with Crippen molar-refractivity contribution in [3.8, 4) is 11.5 Å². The monoisotopic (exact) mass is 660 g/mol. The molecule has 242 valence electrons. The molecule has 1 aliphatic rings. The number of nitrogens with zero attached hydrogens (tertiary/aromatic N) is 2. The molecule has 44 heavy (non-hydrogen) atoms. The van der Waals surface area contributed by atoms with Gasteiger partial charge in [-0.1, -0.05) is 51.1 Å². The summed E-state index contributed by atoms with van der Waals surface area (Å²) in [7, 11) is -7.13. The molecule has 0 saturated carbocycles. The molecule has 1 heterocycles. The van der Waals surface area contributed by atoms with E-state index in [0.29, 0.717) is 0 Å². The molecule has 16 heteroatoms. The molecule has 0 spiro atoms. The fourth-order valence-electron chi connectivity index (χ4n) is 3.98. The Balaban J connectivity index is 2.00. The van der Waals surface area contributed by atoms with Crippen molar-refractivity contribution in [2.24, 2.45) is 0 Å². The maximum atomic E-state index is 13.9. The molecule has 0 radical (unpaired) electrons. The zero-order valence-electron chi connectivity index (χ0n) is 25.1. The predicted octanol–water partition coefficient (Wildman–Crippen LogP) is 6.17. The smallest absolute Gasteiger partial charge is 0.493 e. The van der Waals surface area contributed by atoms with Crippen LogP contribution in [0.15, 0.2) is 54.3 Å². The van der Waals surface area contributed by atoms with Crippen LogP contribution < -0.4 is 9.47 Å². The first-order valence-corrected chi connectivity index (χ1v) is 17.8. The van der Waals surface area contributed by atoms with Crippen LogP contribution in [0.4, 0.5) is 18.9 Å². The predicted molar refractivity (Wildman–Crippen MR) is 157 cm³/mol. The zero-order valence-corrected chi connectivity index (χ0v) is 27.0. The van der Waals surface area contributed by atoms with Crippen LogP contribution >= 0.6 is 0 Å². The van der Waals surface area contributed by atoms with E-state index in [4.69, 9.17) is 13.9 Å². The SMILES string of the molecule is COc1cc(C(=O)N2CCC(OS(=O)(=O)C(F)(F)F)=C[C@H]2CO[Si](C)(C)C(C)(C)C)c([N+](=O)[O-])cc1OCc1ccccc1. The summed E-state index contributed by atoms with van der Waals surface area (Å²) >= 11 is 0. The van der Waals surface area contributed by atoms with Gasteiger partial charge in [-0.05, 0) is 29.8 Å². The standard InChI is InChI=1S/C28H35F3N2O9SSi/c1-27(2,3)44(5,6)41-18-20-14-21(42-43(37,38)28(29,30)31)12-13-32(20)26(34)22-15-24(39-4)25(16-23(22)33(35)36)40-17-19-10-8-7-9-11-19/h7-11,14-16,20H,12-13,17-18H2,1-6H3/t20-/m0/s1. The highest BCUT2D eigenvalue weighted by Crippen LogP contribution is 2.39. The lowest BCUT2D eigenvalue weighted by atomic mass is 10.0. The molecule has 0 bridgehead atoms. The minimum atomic E-state index is -5.96. The van der Waals surface area contributed by atoms with Gasteiger partial charge in [0.15, 0.2) is 19.8 Å². The zero-order chi connectivity index (χ0) is 33.1. The summed E-state index contributed by atoms with van der Waals surface area (Å²) in [5.74, 6) is -1.31. The van der Waals surface area contributed by atoms with Crippen LogP contribution in [0, 0.1) is 10.1 Å². The quantitative estimate of drug-likeness (QED) is 0.0912. The fraction of sp³-hybridized carbons (Fsp3) is 0.464. The average Bonchev–Trinajstić information content (AvgIpc) is 2.93. The second-order valence-electron chi connectivity index (χ2n) is 11.6. The summed E-state index contributed by atoms with van der Waals surface area (Å²) in [5, 5.41) is 11.8. The molecule has 1 amide bonds. The van der Waals surface area contributed by atoms with Crippen LogP contribution in [0.5, 0.6) is 11.5 Å². The Labute approximate surface area is 254 Å². The summed E-state index contributed by atoms with van der Waals surface area (Å²) in [4.78, 5) is 26.4. The minimum Gasteiger partial charge on any atom is -0.493 e. The molecule has 1 atom stereocenters. The highest BCUT2D eigenvalue weighted by atomic mass is 32.2. The Morgan fingerprint density at radius 1 is 1.11 bits per heavy atom. The molecule has 2 aromatic rings. The molecule has 1 aliphatic heterocycles. The maximum absolute atomic E-state index is 13.9. The summed E-state index contributed by atoms with van der Waals surface area (Å²) < 4.78 is 84.1. The lowest BCUT2D eigenvalue weighted by Crippen LogP contribution is -2.49. The van der Waals surface area contributed by atoms with Gasteiger partial charge < -0.3 is 23.0 Å². The van der Waals surface area contributed by atoms with Crippen LogP contribution in [-0.4, -0.2) is 64.3 Å². The number of benzene rings is 2. The van der Waals surface area contributed by atoms with E-state index in [1.165, 1.54) is 12.0 Å². The first-order valence-electron chi connectivity index (χ1n) is 13.5. The Hall–Kier alpha value is -3.63. The third-order valence-electron chi connectivity index (χ3n) is 7.51. The van der Waals surface area contributed by atoms with Gasteiger partial charge in [0, 0.05) is 19.0 Å². The number of amides is 1. The number of carbonyl (C=O) groups is 1. The van der Waals surface area contributed by atoms with Crippen LogP contribution in [0.25, 0.3) is 0 Å². The fourth-order valence-corrected chi connectivity index (χ4v) is 5.51. The van der Waals surface area contributed by atoms with Crippen molar-refractivity contribution in [1.82, 2.24) is 4.90 Å². The molecule has 2 aromatic carbocycles. The maximum Gasteiger partial charge on any atom is 0.534 e. The molecule has 0 fully saturated rings.